The van der Waals surface area contributed by atoms with Crippen molar-refractivity contribution >= 4 is 11.5 Å². The zero-order valence-corrected chi connectivity index (χ0v) is 11.5. The minimum atomic E-state index is -0.354. The molecule has 7 nitrogen and oxygen atoms in total. The summed E-state index contributed by atoms with van der Waals surface area (Å²) >= 11 is 0. The Morgan fingerprint density at radius 2 is 2.21 bits per heavy atom. The Morgan fingerprint density at radius 1 is 1.53 bits per heavy atom. The number of hydrogen-bond donors (Lipinski definition) is 1. The highest BCUT2D eigenvalue weighted by atomic mass is 16.6. The van der Waals surface area contributed by atoms with Crippen LogP contribution in [0.4, 0.5) is 11.5 Å². The molecule has 1 N–H and O–H groups in total. The summed E-state index contributed by atoms with van der Waals surface area (Å²) in [5.74, 6) is 0.502. The van der Waals surface area contributed by atoms with Gasteiger partial charge < -0.3 is 10.1 Å². The maximum atomic E-state index is 11.2. The third kappa shape index (κ3) is 2.70. The third-order valence-electron chi connectivity index (χ3n) is 3.45. The maximum Gasteiger partial charge on any atom is 0.333 e. The fourth-order valence-electron chi connectivity index (χ4n) is 2.41. The van der Waals surface area contributed by atoms with Crippen LogP contribution in [0.3, 0.4) is 0 Å². The molecule has 0 amide bonds. The van der Waals surface area contributed by atoms with E-state index >= 15 is 0 Å². The molecule has 2 rings (SSSR count). The van der Waals surface area contributed by atoms with Gasteiger partial charge in [0.05, 0.1) is 11.0 Å². The van der Waals surface area contributed by atoms with E-state index in [-0.39, 0.29) is 22.8 Å². The van der Waals surface area contributed by atoms with Crippen molar-refractivity contribution in [3.63, 3.8) is 0 Å². The van der Waals surface area contributed by atoms with Crippen molar-refractivity contribution in [2.45, 2.75) is 45.3 Å². The van der Waals surface area contributed by atoms with E-state index in [2.05, 4.69) is 10.4 Å². The lowest BCUT2D eigenvalue weighted by atomic mass is 9.89. The molecular weight excluding hydrogens is 248 g/mol. The van der Waals surface area contributed by atoms with Crippen molar-refractivity contribution in [2.24, 2.45) is 7.05 Å². The predicted octanol–water partition coefficient (Wildman–Crippen LogP) is 1.87. The standard InChI is InChI=1S/C12H20N4O3/c1-4-10-11(16(17)18)12(15(3)14-10)13-8-6-9(7-8)19-5-2/h8-9,13H,4-7H2,1-3H3. The summed E-state index contributed by atoms with van der Waals surface area (Å²) in [5.41, 5.74) is 0.626. The topological polar surface area (TPSA) is 82.2 Å². The molecule has 0 radical (unpaired) electrons. The van der Waals surface area contributed by atoms with E-state index in [4.69, 9.17) is 4.74 Å². The molecule has 0 aromatic carbocycles. The van der Waals surface area contributed by atoms with Gasteiger partial charge in [0.25, 0.3) is 0 Å². The van der Waals surface area contributed by atoms with Crippen LogP contribution in [0.2, 0.25) is 0 Å². The first-order chi connectivity index (χ1) is 9.06. The first-order valence-electron chi connectivity index (χ1n) is 6.65. The van der Waals surface area contributed by atoms with Crippen LogP contribution in [0.15, 0.2) is 0 Å². The van der Waals surface area contributed by atoms with E-state index in [0.29, 0.717) is 24.5 Å². The van der Waals surface area contributed by atoms with Gasteiger partial charge in [0.1, 0.15) is 5.69 Å². The smallest absolute Gasteiger partial charge is 0.333 e. The summed E-state index contributed by atoms with van der Waals surface area (Å²) in [6.07, 6.45) is 2.60. The quantitative estimate of drug-likeness (QED) is 0.629. The molecule has 1 fully saturated rings. The molecule has 1 saturated carbocycles. The minimum absolute atomic E-state index is 0.102. The summed E-state index contributed by atoms with van der Waals surface area (Å²) in [5, 5.41) is 18.6. The van der Waals surface area contributed by atoms with Gasteiger partial charge in [-0.2, -0.15) is 5.10 Å². The Morgan fingerprint density at radius 3 is 2.74 bits per heavy atom. The molecule has 106 valence electrons. The van der Waals surface area contributed by atoms with Gasteiger partial charge in [-0.15, -0.1) is 0 Å². The Bertz CT molecular complexity index is 466. The summed E-state index contributed by atoms with van der Waals surface area (Å²) in [4.78, 5) is 10.8. The summed E-state index contributed by atoms with van der Waals surface area (Å²) in [6, 6.07) is 0.232. The van der Waals surface area contributed by atoms with Gasteiger partial charge in [0, 0.05) is 19.7 Å². The molecule has 7 heteroatoms. The van der Waals surface area contributed by atoms with Crippen LogP contribution in [-0.2, 0) is 18.2 Å². The highest BCUT2D eigenvalue weighted by Crippen LogP contribution is 2.33. The Kier molecular flexibility index (Phi) is 4.04. The van der Waals surface area contributed by atoms with E-state index in [1.54, 1.807) is 11.7 Å². The molecule has 0 unspecified atom stereocenters. The zero-order valence-electron chi connectivity index (χ0n) is 11.5. The highest BCUT2D eigenvalue weighted by Gasteiger charge is 2.33. The van der Waals surface area contributed by atoms with E-state index < -0.39 is 0 Å². The average Bonchev–Trinajstić information content (AvgIpc) is 2.63. The number of ether oxygens (including phenoxy) is 1. The molecule has 19 heavy (non-hydrogen) atoms. The number of hydrogen-bond acceptors (Lipinski definition) is 5. The molecular formula is C12H20N4O3. The molecule has 0 aliphatic heterocycles. The van der Waals surface area contributed by atoms with Crippen molar-refractivity contribution < 1.29 is 9.66 Å². The molecule has 1 aromatic heterocycles. The molecule has 1 aromatic rings. The monoisotopic (exact) mass is 268 g/mol. The van der Waals surface area contributed by atoms with Crippen LogP contribution >= 0.6 is 0 Å². The van der Waals surface area contributed by atoms with Gasteiger partial charge in [0.15, 0.2) is 0 Å². The summed E-state index contributed by atoms with van der Waals surface area (Å²) in [7, 11) is 1.73. The van der Waals surface area contributed by atoms with Crippen LogP contribution in [0.5, 0.6) is 0 Å². The zero-order chi connectivity index (χ0) is 14.0. The van der Waals surface area contributed by atoms with Crippen molar-refractivity contribution in [1.82, 2.24) is 9.78 Å². The Labute approximate surface area is 112 Å². The molecule has 1 heterocycles. The first-order valence-corrected chi connectivity index (χ1v) is 6.65. The number of nitrogens with one attached hydrogen (secondary N) is 1. The van der Waals surface area contributed by atoms with Gasteiger partial charge in [-0.1, -0.05) is 6.92 Å². The molecule has 0 bridgehead atoms. The molecule has 0 atom stereocenters. The Balaban J connectivity index is 2.08. The fraction of sp³-hybridized carbons (Fsp3) is 0.750. The lowest BCUT2D eigenvalue weighted by Crippen LogP contribution is -2.41. The van der Waals surface area contributed by atoms with Gasteiger partial charge in [-0.25, -0.2) is 4.68 Å². The third-order valence-corrected chi connectivity index (χ3v) is 3.45. The van der Waals surface area contributed by atoms with Gasteiger partial charge in [-0.3, -0.25) is 10.1 Å². The SMILES string of the molecule is CCOC1CC(Nc2c([N+](=O)[O-])c(CC)nn2C)C1. The summed E-state index contributed by atoms with van der Waals surface area (Å²) < 4.78 is 7.04. The number of aromatic nitrogens is 2. The largest absolute Gasteiger partial charge is 0.378 e. The van der Waals surface area contributed by atoms with Gasteiger partial charge >= 0.3 is 5.69 Å². The fourth-order valence-corrected chi connectivity index (χ4v) is 2.41. The van der Waals surface area contributed by atoms with Crippen LogP contribution < -0.4 is 5.32 Å². The maximum absolute atomic E-state index is 11.2. The molecule has 0 saturated heterocycles. The van der Waals surface area contributed by atoms with Crippen LogP contribution in [0.25, 0.3) is 0 Å². The van der Waals surface area contributed by atoms with Crippen molar-refractivity contribution in [2.75, 3.05) is 11.9 Å². The van der Waals surface area contributed by atoms with Crippen LogP contribution in [0, 0.1) is 10.1 Å². The number of aryl methyl sites for hydroxylation is 2. The van der Waals surface area contributed by atoms with E-state index in [1.165, 1.54) is 0 Å². The van der Waals surface area contributed by atoms with Crippen molar-refractivity contribution in [1.29, 1.82) is 0 Å². The predicted molar refractivity (Wildman–Crippen MR) is 71.3 cm³/mol. The molecule has 1 aliphatic carbocycles. The van der Waals surface area contributed by atoms with E-state index in [0.717, 1.165) is 12.8 Å². The normalized spacial score (nSPS) is 22.1. The van der Waals surface area contributed by atoms with E-state index in [9.17, 15) is 10.1 Å². The molecule has 1 aliphatic rings. The second kappa shape index (κ2) is 5.56. The second-order valence-corrected chi connectivity index (χ2v) is 4.77. The van der Waals surface area contributed by atoms with Crippen molar-refractivity contribution in [3.05, 3.63) is 15.8 Å². The lowest BCUT2D eigenvalue weighted by molar-refractivity contribution is -0.384. The summed E-state index contributed by atoms with van der Waals surface area (Å²) in [6.45, 7) is 4.55. The number of anilines is 1. The average molecular weight is 268 g/mol. The van der Waals surface area contributed by atoms with E-state index in [1.807, 2.05) is 13.8 Å². The van der Waals surface area contributed by atoms with Gasteiger partial charge in [-0.05, 0) is 26.2 Å². The van der Waals surface area contributed by atoms with Crippen molar-refractivity contribution in [3.8, 4) is 0 Å². The number of rotatable bonds is 6. The first kappa shape index (κ1) is 13.8. The van der Waals surface area contributed by atoms with Crippen LogP contribution in [-0.4, -0.2) is 33.5 Å². The van der Waals surface area contributed by atoms with Gasteiger partial charge in [0.2, 0.25) is 5.82 Å². The molecule has 0 spiro atoms. The second-order valence-electron chi connectivity index (χ2n) is 4.77. The Hall–Kier alpha value is -1.63. The van der Waals surface area contributed by atoms with Crippen LogP contribution in [0.1, 0.15) is 32.4 Å². The lowest BCUT2D eigenvalue weighted by Gasteiger charge is -2.35. The number of nitrogens with zero attached hydrogens (tertiary/aromatic N) is 3. The number of nitro groups is 1. The highest BCUT2D eigenvalue weighted by molar-refractivity contribution is 5.60. The minimum Gasteiger partial charge on any atom is -0.378 e.